The Bertz CT molecular complexity index is 1270. The van der Waals surface area contributed by atoms with Crippen LogP contribution in [0.4, 0.5) is 0 Å². The molecule has 0 atom stereocenters. The molecule has 0 unspecified atom stereocenters. The number of carbonyl (C=O) groups excluding carboxylic acids is 1. The van der Waals surface area contributed by atoms with Gasteiger partial charge in [-0.15, -0.1) is 6.42 Å². The maximum absolute atomic E-state index is 12.7. The number of amides is 1. The topological polar surface area (TPSA) is 68.5 Å². The van der Waals surface area contributed by atoms with Crippen molar-refractivity contribution < 1.29 is 13.2 Å². The molecule has 3 rings (SSSR count). The number of benzene rings is 2. The smallest absolute Gasteiger partial charge is 0.279 e. The quantitative estimate of drug-likeness (QED) is 0.615. The van der Waals surface area contributed by atoms with E-state index in [1.165, 1.54) is 35.1 Å². The van der Waals surface area contributed by atoms with Crippen molar-refractivity contribution in [2.75, 3.05) is 6.26 Å². The zero-order valence-electron chi connectivity index (χ0n) is 15.8. The van der Waals surface area contributed by atoms with Gasteiger partial charge in [-0.1, -0.05) is 43.2 Å². The lowest BCUT2D eigenvalue weighted by Gasteiger charge is -2.05. The summed E-state index contributed by atoms with van der Waals surface area (Å²) in [6.07, 6.45) is 6.61. The van der Waals surface area contributed by atoms with E-state index in [4.69, 9.17) is 6.42 Å². The number of fused-ring (bicyclic) bond motifs is 1. The predicted molar refractivity (Wildman–Crippen MR) is 112 cm³/mol. The summed E-state index contributed by atoms with van der Waals surface area (Å²) in [6.45, 7) is 4.53. The number of nitrogens with zero attached hydrogens (tertiary/aromatic N) is 2. The molecule has 5 nitrogen and oxygen atoms in total. The molecule has 0 saturated heterocycles. The molecule has 1 amide bonds. The molecular formula is C21H20N2O3S2. The van der Waals surface area contributed by atoms with Gasteiger partial charge in [0.05, 0.1) is 21.7 Å². The number of rotatable bonds is 4. The highest BCUT2D eigenvalue weighted by molar-refractivity contribution is 7.90. The Morgan fingerprint density at radius 3 is 2.64 bits per heavy atom. The second-order valence-corrected chi connectivity index (χ2v) is 9.80. The van der Waals surface area contributed by atoms with Crippen LogP contribution in [0.15, 0.2) is 52.4 Å². The molecule has 0 spiro atoms. The standard InChI is InChI=1S/C21H20N2O3S2/c1-5-11-23-18-10-9-15(14(2)3)13-19(18)27-21(23)22-20(24)16-7-6-8-17(12-16)28(4,25)26/h1,6-10,12-14H,11H2,2-4H3. The fraction of sp³-hybridized carbons (Fsp3) is 0.238. The molecular weight excluding hydrogens is 392 g/mol. The highest BCUT2D eigenvalue weighted by atomic mass is 32.2. The summed E-state index contributed by atoms with van der Waals surface area (Å²) < 4.78 is 26.3. The van der Waals surface area contributed by atoms with Crippen LogP contribution in [-0.2, 0) is 16.4 Å². The highest BCUT2D eigenvalue weighted by Gasteiger charge is 2.13. The van der Waals surface area contributed by atoms with Crippen LogP contribution in [0.25, 0.3) is 10.2 Å². The number of aromatic nitrogens is 1. The molecule has 0 fully saturated rings. The van der Waals surface area contributed by atoms with Crippen molar-refractivity contribution in [3.63, 3.8) is 0 Å². The van der Waals surface area contributed by atoms with Crippen LogP contribution in [0, 0.1) is 12.3 Å². The average Bonchev–Trinajstić information content (AvgIpc) is 2.98. The lowest BCUT2D eigenvalue weighted by molar-refractivity contribution is 0.0997. The van der Waals surface area contributed by atoms with Gasteiger partial charge in [0.25, 0.3) is 5.91 Å². The minimum atomic E-state index is -3.40. The van der Waals surface area contributed by atoms with Crippen molar-refractivity contribution >= 4 is 37.3 Å². The third kappa shape index (κ3) is 4.08. The molecule has 2 aromatic carbocycles. The summed E-state index contributed by atoms with van der Waals surface area (Å²) in [7, 11) is -3.40. The molecule has 3 aromatic rings. The van der Waals surface area contributed by atoms with Crippen LogP contribution in [0.5, 0.6) is 0 Å². The number of hydrogen-bond acceptors (Lipinski definition) is 4. The molecule has 1 heterocycles. The first-order chi connectivity index (χ1) is 13.2. The third-order valence-electron chi connectivity index (χ3n) is 4.33. The molecule has 0 aliphatic carbocycles. The van der Waals surface area contributed by atoms with E-state index in [1.807, 2.05) is 16.7 Å². The second-order valence-electron chi connectivity index (χ2n) is 6.77. The molecule has 0 N–H and O–H groups in total. The van der Waals surface area contributed by atoms with Crippen molar-refractivity contribution in [3.8, 4) is 12.3 Å². The Morgan fingerprint density at radius 2 is 2.00 bits per heavy atom. The number of sulfone groups is 1. The summed E-state index contributed by atoms with van der Waals surface area (Å²) in [4.78, 5) is 17.5. The minimum Gasteiger partial charge on any atom is -0.305 e. The van der Waals surface area contributed by atoms with Crippen molar-refractivity contribution in [1.29, 1.82) is 0 Å². The van der Waals surface area contributed by atoms with Gasteiger partial charge in [0.2, 0.25) is 0 Å². The largest absolute Gasteiger partial charge is 0.305 e. The maximum atomic E-state index is 12.7. The maximum Gasteiger partial charge on any atom is 0.279 e. The number of hydrogen-bond donors (Lipinski definition) is 0. The van der Waals surface area contributed by atoms with Gasteiger partial charge in [0.15, 0.2) is 14.6 Å². The average molecular weight is 413 g/mol. The lowest BCUT2D eigenvalue weighted by Crippen LogP contribution is -2.16. The van der Waals surface area contributed by atoms with Gasteiger partial charge in [0.1, 0.15) is 0 Å². The van der Waals surface area contributed by atoms with Crippen LogP contribution in [-0.4, -0.2) is 25.1 Å². The molecule has 0 radical (unpaired) electrons. The van der Waals surface area contributed by atoms with E-state index in [0.717, 1.165) is 16.5 Å². The molecule has 1 aromatic heterocycles. The van der Waals surface area contributed by atoms with E-state index in [2.05, 4.69) is 30.8 Å². The summed E-state index contributed by atoms with van der Waals surface area (Å²) in [5.74, 6) is 2.48. The van der Waals surface area contributed by atoms with Crippen LogP contribution < -0.4 is 4.80 Å². The SMILES string of the molecule is C#CCn1c(=NC(=O)c2cccc(S(C)(=O)=O)c2)sc2cc(C(C)C)ccc21. The Hall–Kier alpha value is -2.69. The van der Waals surface area contributed by atoms with Crippen molar-refractivity contribution in [3.05, 3.63) is 58.4 Å². The van der Waals surface area contributed by atoms with Gasteiger partial charge < -0.3 is 4.57 Å². The van der Waals surface area contributed by atoms with Gasteiger partial charge in [-0.2, -0.15) is 4.99 Å². The molecule has 0 aliphatic rings. The van der Waals surface area contributed by atoms with Crippen molar-refractivity contribution in [1.82, 2.24) is 4.57 Å². The van der Waals surface area contributed by atoms with Gasteiger partial charge in [-0.3, -0.25) is 4.79 Å². The van der Waals surface area contributed by atoms with Crippen molar-refractivity contribution in [2.24, 2.45) is 4.99 Å². The van der Waals surface area contributed by atoms with E-state index < -0.39 is 15.7 Å². The first-order valence-electron chi connectivity index (χ1n) is 8.66. The Morgan fingerprint density at radius 1 is 1.25 bits per heavy atom. The van der Waals surface area contributed by atoms with Crippen LogP contribution in [0.3, 0.4) is 0 Å². The predicted octanol–water partition coefficient (Wildman–Crippen LogP) is 3.60. The highest BCUT2D eigenvalue weighted by Crippen LogP contribution is 2.23. The molecule has 0 saturated carbocycles. The fourth-order valence-electron chi connectivity index (χ4n) is 2.79. The van der Waals surface area contributed by atoms with E-state index in [0.29, 0.717) is 10.7 Å². The molecule has 0 bridgehead atoms. The zero-order chi connectivity index (χ0) is 20.5. The number of carbonyl (C=O) groups is 1. The van der Waals surface area contributed by atoms with Gasteiger partial charge in [-0.05, 0) is 41.8 Å². The summed E-state index contributed by atoms with van der Waals surface area (Å²) in [6, 6.07) is 12.0. The molecule has 28 heavy (non-hydrogen) atoms. The van der Waals surface area contributed by atoms with Crippen LogP contribution in [0.2, 0.25) is 0 Å². The first kappa shape index (κ1) is 20.1. The van der Waals surface area contributed by atoms with Gasteiger partial charge >= 0.3 is 0 Å². The Balaban J connectivity index is 2.14. The van der Waals surface area contributed by atoms with Gasteiger partial charge in [0, 0.05) is 11.8 Å². The number of terminal acetylenes is 1. The third-order valence-corrected chi connectivity index (χ3v) is 6.48. The Kier molecular flexibility index (Phi) is 5.54. The first-order valence-corrected chi connectivity index (χ1v) is 11.4. The fourth-order valence-corrected chi connectivity index (χ4v) is 4.53. The van der Waals surface area contributed by atoms with E-state index in [9.17, 15) is 13.2 Å². The zero-order valence-corrected chi connectivity index (χ0v) is 17.5. The summed E-state index contributed by atoms with van der Waals surface area (Å²) in [5, 5.41) is 0. The van der Waals surface area contributed by atoms with Crippen LogP contribution in [0.1, 0.15) is 35.7 Å². The minimum absolute atomic E-state index is 0.0861. The second kappa shape index (κ2) is 7.74. The Labute approximate surface area is 168 Å². The van der Waals surface area contributed by atoms with Gasteiger partial charge in [-0.25, -0.2) is 8.42 Å². The van der Waals surface area contributed by atoms with E-state index >= 15 is 0 Å². The van der Waals surface area contributed by atoms with Crippen molar-refractivity contribution in [2.45, 2.75) is 31.2 Å². The molecule has 7 heteroatoms. The number of thiazole rings is 1. The summed E-state index contributed by atoms with van der Waals surface area (Å²) >= 11 is 1.39. The molecule has 144 valence electrons. The normalized spacial score (nSPS) is 12.5. The molecule has 0 aliphatic heterocycles. The van der Waals surface area contributed by atoms with Crippen LogP contribution >= 0.6 is 11.3 Å². The monoisotopic (exact) mass is 412 g/mol. The van der Waals surface area contributed by atoms with E-state index in [-0.39, 0.29) is 17.0 Å². The summed E-state index contributed by atoms with van der Waals surface area (Å²) in [5.41, 5.74) is 2.33. The lowest BCUT2D eigenvalue weighted by atomic mass is 10.0. The van der Waals surface area contributed by atoms with E-state index in [1.54, 1.807) is 6.07 Å².